The first-order valence-electron chi connectivity index (χ1n) is 6.68. The van der Waals surface area contributed by atoms with Crippen LogP contribution in [0.4, 0.5) is 5.69 Å². The second kappa shape index (κ2) is 5.64. The summed E-state index contributed by atoms with van der Waals surface area (Å²) in [5, 5.41) is 19.8. The van der Waals surface area contributed by atoms with Gasteiger partial charge in [-0.3, -0.25) is 0 Å². The first-order valence-corrected chi connectivity index (χ1v) is 6.68. The van der Waals surface area contributed by atoms with Crippen molar-refractivity contribution < 1.29 is 14.5 Å². The van der Waals surface area contributed by atoms with Crippen molar-refractivity contribution in [1.29, 1.82) is 0 Å². The Labute approximate surface area is 116 Å². The van der Waals surface area contributed by atoms with Gasteiger partial charge in [-0.15, -0.1) is 0 Å². The molecule has 1 aromatic heterocycles. The lowest BCUT2D eigenvalue weighted by molar-refractivity contribution is 0.282. The van der Waals surface area contributed by atoms with Crippen LogP contribution in [0.5, 0.6) is 5.75 Å². The minimum atomic E-state index is 0.178. The molecular formula is C13H18N4O3. The van der Waals surface area contributed by atoms with Crippen LogP contribution in [0.15, 0.2) is 16.8 Å². The Balaban J connectivity index is 1.70. The molecular weight excluding hydrogens is 260 g/mol. The van der Waals surface area contributed by atoms with Crippen molar-refractivity contribution >= 4 is 16.7 Å². The fraction of sp³-hybridized carbons (Fsp3) is 0.538. The van der Waals surface area contributed by atoms with E-state index in [1.54, 1.807) is 7.11 Å². The summed E-state index contributed by atoms with van der Waals surface area (Å²) >= 11 is 0. The van der Waals surface area contributed by atoms with Crippen LogP contribution in [0, 0.1) is 5.92 Å². The molecule has 7 nitrogen and oxygen atoms in total. The van der Waals surface area contributed by atoms with Crippen molar-refractivity contribution in [3.05, 3.63) is 12.1 Å². The molecule has 0 amide bonds. The van der Waals surface area contributed by atoms with Gasteiger partial charge in [-0.05, 0) is 10.3 Å². The van der Waals surface area contributed by atoms with Gasteiger partial charge < -0.3 is 20.1 Å². The van der Waals surface area contributed by atoms with E-state index in [0.29, 0.717) is 18.0 Å². The van der Waals surface area contributed by atoms with E-state index in [9.17, 15) is 0 Å². The predicted molar refractivity (Wildman–Crippen MR) is 74.0 cm³/mol. The van der Waals surface area contributed by atoms with E-state index in [-0.39, 0.29) is 6.61 Å². The topological polar surface area (TPSA) is 83.7 Å². The third kappa shape index (κ3) is 2.41. The lowest BCUT2D eigenvalue weighted by Gasteiger charge is -2.41. The maximum atomic E-state index is 8.74. The third-order valence-corrected chi connectivity index (χ3v) is 3.57. The Morgan fingerprint density at radius 2 is 2.30 bits per heavy atom. The average Bonchev–Trinajstić information content (AvgIpc) is 2.88. The smallest absolute Gasteiger partial charge is 0.158 e. The van der Waals surface area contributed by atoms with E-state index in [4.69, 9.17) is 14.5 Å². The number of aliphatic hydroxyl groups excluding tert-OH is 1. The molecule has 0 atom stereocenters. The molecule has 108 valence electrons. The fourth-order valence-electron chi connectivity index (χ4n) is 2.49. The highest BCUT2D eigenvalue weighted by Gasteiger charge is 2.29. The number of hydrogen-bond donors (Lipinski definition) is 2. The van der Waals surface area contributed by atoms with Crippen LogP contribution < -0.4 is 15.0 Å². The number of methoxy groups -OCH3 is 1. The Morgan fingerprint density at radius 1 is 1.45 bits per heavy atom. The molecule has 1 aromatic carbocycles. The molecule has 7 heteroatoms. The van der Waals surface area contributed by atoms with E-state index >= 15 is 0 Å². The molecule has 0 spiro atoms. The number of benzene rings is 1. The first-order chi connectivity index (χ1) is 9.81. The highest BCUT2D eigenvalue weighted by molar-refractivity contribution is 5.89. The van der Waals surface area contributed by atoms with Gasteiger partial charge in [0.15, 0.2) is 5.52 Å². The minimum absolute atomic E-state index is 0.178. The summed E-state index contributed by atoms with van der Waals surface area (Å²) in [5.41, 5.74) is 2.48. The van der Waals surface area contributed by atoms with E-state index in [1.807, 2.05) is 12.1 Å². The maximum Gasteiger partial charge on any atom is 0.158 e. The molecule has 1 aliphatic heterocycles. The number of ether oxygens (including phenoxy) is 1. The summed E-state index contributed by atoms with van der Waals surface area (Å²) in [6, 6.07) is 3.78. The maximum absolute atomic E-state index is 8.74. The molecule has 1 aliphatic rings. The van der Waals surface area contributed by atoms with Gasteiger partial charge in [-0.1, -0.05) is 0 Å². The van der Waals surface area contributed by atoms with Crippen LogP contribution in [-0.4, -0.2) is 55.3 Å². The van der Waals surface area contributed by atoms with E-state index in [1.165, 1.54) is 0 Å². The zero-order valence-corrected chi connectivity index (χ0v) is 11.4. The molecule has 2 heterocycles. The summed E-state index contributed by atoms with van der Waals surface area (Å²) in [5.74, 6) is 1.34. The molecule has 1 fully saturated rings. The third-order valence-electron chi connectivity index (χ3n) is 3.57. The predicted octanol–water partition coefficient (Wildman–Crippen LogP) is 0.250. The van der Waals surface area contributed by atoms with Gasteiger partial charge in [0, 0.05) is 44.2 Å². The second-order valence-electron chi connectivity index (χ2n) is 4.98. The van der Waals surface area contributed by atoms with Crippen LogP contribution in [0.1, 0.15) is 0 Å². The fourth-order valence-corrected chi connectivity index (χ4v) is 2.49. The summed E-state index contributed by atoms with van der Waals surface area (Å²) in [6.07, 6.45) is 0. The Bertz CT molecular complexity index is 580. The Hall–Kier alpha value is -1.86. The van der Waals surface area contributed by atoms with Gasteiger partial charge in [0.05, 0.1) is 19.4 Å². The first kappa shape index (κ1) is 13.1. The normalized spacial score (nSPS) is 15.6. The lowest BCUT2D eigenvalue weighted by Crippen LogP contribution is -2.51. The van der Waals surface area contributed by atoms with Crippen LogP contribution >= 0.6 is 0 Å². The standard InChI is InChI=1S/C13H18N4O3/c1-19-10-4-11-13(16-20-15-11)12(5-10)17-7-9(8-17)6-14-2-3-18/h4-5,9,14,18H,2-3,6-8H2,1H3. The number of rotatable bonds is 6. The van der Waals surface area contributed by atoms with Crippen molar-refractivity contribution in [1.82, 2.24) is 15.6 Å². The van der Waals surface area contributed by atoms with Crippen molar-refractivity contribution in [2.45, 2.75) is 0 Å². The molecule has 0 aliphatic carbocycles. The molecule has 2 aromatic rings. The molecule has 0 bridgehead atoms. The van der Waals surface area contributed by atoms with Crippen LogP contribution in [0.2, 0.25) is 0 Å². The SMILES string of the molecule is COc1cc(N2CC(CNCCO)C2)c2nonc2c1. The number of nitrogens with zero attached hydrogens (tertiary/aromatic N) is 3. The molecule has 3 rings (SSSR count). The molecule has 0 saturated carbocycles. The quantitative estimate of drug-likeness (QED) is 0.733. The molecule has 2 N–H and O–H groups in total. The van der Waals surface area contributed by atoms with Crippen LogP contribution in [0.3, 0.4) is 0 Å². The number of aliphatic hydroxyl groups is 1. The zero-order valence-electron chi connectivity index (χ0n) is 11.4. The van der Waals surface area contributed by atoms with Crippen molar-refractivity contribution in [3.63, 3.8) is 0 Å². The monoisotopic (exact) mass is 278 g/mol. The number of hydrogen-bond acceptors (Lipinski definition) is 7. The average molecular weight is 278 g/mol. The van der Waals surface area contributed by atoms with Crippen molar-refractivity contribution in [2.24, 2.45) is 5.92 Å². The van der Waals surface area contributed by atoms with Gasteiger partial charge in [0.1, 0.15) is 11.3 Å². The highest BCUT2D eigenvalue weighted by Crippen LogP contribution is 2.33. The summed E-state index contributed by atoms with van der Waals surface area (Å²) in [4.78, 5) is 2.24. The van der Waals surface area contributed by atoms with Gasteiger partial charge in [0.25, 0.3) is 0 Å². The number of nitrogens with one attached hydrogen (secondary N) is 1. The van der Waals surface area contributed by atoms with Crippen LogP contribution in [0.25, 0.3) is 11.0 Å². The lowest BCUT2D eigenvalue weighted by atomic mass is 9.98. The largest absolute Gasteiger partial charge is 0.497 e. The summed E-state index contributed by atoms with van der Waals surface area (Å²) in [6.45, 7) is 3.65. The molecule has 0 unspecified atom stereocenters. The van der Waals surface area contributed by atoms with E-state index in [0.717, 1.165) is 36.6 Å². The van der Waals surface area contributed by atoms with Gasteiger partial charge in [-0.25, -0.2) is 4.63 Å². The number of fused-ring (bicyclic) bond motifs is 1. The zero-order chi connectivity index (χ0) is 13.9. The van der Waals surface area contributed by atoms with Gasteiger partial charge in [-0.2, -0.15) is 0 Å². The van der Waals surface area contributed by atoms with Gasteiger partial charge >= 0.3 is 0 Å². The Morgan fingerprint density at radius 3 is 3.05 bits per heavy atom. The van der Waals surface area contributed by atoms with E-state index in [2.05, 4.69) is 20.5 Å². The van der Waals surface area contributed by atoms with Crippen molar-refractivity contribution in [3.8, 4) is 5.75 Å². The number of aromatic nitrogens is 2. The molecule has 0 radical (unpaired) electrons. The highest BCUT2D eigenvalue weighted by atomic mass is 16.6. The van der Waals surface area contributed by atoms with Gasteiger partial charge in [0.2, 0.25) is 0 Å². The van der Waals surface area contributed by atoms with Crippen LogP contribution in [-0.2, 0) is 0 Å². The van der Waals surface area contributed by atoms with E-state index < -0.39 is 0 Å². The molecule has 20 heavy (non-hydrogen) atoms. The summed E-state index contributed by atoms with van der Waals surface area (Å²) in [7, 11) is 1.64. The second-order valence-corrected chi connectivity index (χ2v) is 4.98. The minimum Gasteiger partial charge on any atom is -0.497 e. The Kier molecular flexibility index (Phi) is 3.70. The molecule has 1 saturated heterocycles. The number of anilines is 1. The van der Waals surface area contributed by atoms with Crippen molar-refractivity contribution in [2.75, 3.05) is 44.8 Å². The summed E-state index contributed by atoms with van der Waals surface area (Å²) < 4.78 is 10.1.